The van der Waals surface area contributed by atoms with E-state index in [2.05, 4.69) is 192 Å². The number of hydrogen-bond acceptors (Lipinski definition) is 4. The van der Waals surface area contributed by atoms with Crippen molar-refractivity contribution in [2.75, 3.05) is 0 Å². The quantitative estimate of drug-likeness (QED) is 0.149. The summed E-state index contributed by atoms with van der Waals surface area (Å²) in [5.74, 6) is 1.83. The molecule has 0 saturated carbocycles. The van der Waals surface area contributed by atoms with Crippen LogP contribution in [-0.4, -0.2) is 29.1 Å². The normalized spacial score (nSPS) is 12.6. The molecule has 7 heteroatoms. The molecule has 13 aromatic rings. The van der Waals surface area contributed by atoms with Crippen LogP contribution in [0.1, 0.15) is 25.0 Å². The van der Waals surface area contributed by atoms with E-state index in [-0.39, 0.29) is 25.5 Å². The number of rotatable bonds is 7. The fraction of sp³-hybridized carbons (Fsp3) is 0.0462. The Bertz CT molecular complexity index is 4180. The first-order chi connectivity index (χ1) is 34.9. The van der Waals surface area contributed by atoms with Gasteiger partial charge in [0, 0.05) is 70.1 Å². The van der Waals surface area contributed by atoms with Crippen molar-refractivity contribution in [1.82, 2.24) is 29.1 Å². The molecule has 0 bridgehead atoms. The van der Waals surface area contributed by atoms with E-state index in [1.807, 2.05) is 66.9 Å². The van der Waals surface area contributed by atoms with Crippen LogP contribution in [0.2, 0.25) is 0 Å². The van der Waals surface area contributed by atoms with Gasteiger partial charge in [0.2, 0.25) is 5.95 Å². The second kappa shape index (κ2) is 17.1. The molecule has 9 aromatic carbocycles. The van der Waals surface area contributed by atoms with E-state index in [0.29, 0.717) is 17.6 Å². The molecule has 343 valence electrons. The van der Waals surface area contributed by atoms with Crippen LogP contribution in [0.25, 0.3) is 123 Å². The zero-order valence-electron chi connectivity index (χ0n) is 39.4. The van der Waals surface area contributed by atoms with Crippen molar-refractivity contribution in [3.63, 3.8) is 0 Å². The van der Waals surface area contributed by atoms with Crippen LogP contribution in [0.5, 0.6) is 0 Å². The molecule has 1 aliphatic rings. The maximum absolute atomic E-state index is 5.29. The van der Waals surface area contributed by atoms with Crippen molar-refractivity contribution in [3.05, 3.63) is 242 Å². The standard InChI is InChI=1S/C65H43N6.Ir/c1-65(2)55-26-13-12-25-49(55)51-39-54-53-37-45(30-33-59(53)71(61(54)40-56(51)65)64-68-62(41-17-6-3-7-18-41)67-63(69-64)42-19-8-4-9-20-42)46-28-31-50-52-36-44(43-21-16-22-47(35-43)57-27-14-15-34-66-57)29-32-58(52)70(60(50)38-46)48-23-10-5-11-24-48;/h3-21,23-40H,1-2H3;/q-1;. The molecule has 4 aromatic heterocycles. The van der Waals surface area contributed by atoms with E-state index in [4.69, 9.17) is 15.0 Å². The molecule has 0 spiro atoms. The largest absolute Gasteiger partial charge is 0.309 e. The molecule has 0 N–H and O–H groups in total. The minimum Gasteiger partial charge on any atom is -0.309 e. The topological polar surface area (TPSA) is 61.4 Å². The fourth-order valence-electron chi connectivity index (χ4n) is 11.1. The number of benzene rings is 9. The number of nitrogens with zero attached hydrogens (tertiary/aromatic N) is 6. The Balaban J connectivity index is 0.00000504. The Kier molecular flexibility index (Phi) is 10.3. The molecule has 0 fully saturated rings. The van der Waals surface area contributed by atoms with Crippen molar-refractivity contribution >= 4 is 43.6 Å². The average Bonchev–Trinajstić information content (AvgIpc) is 4.02. The van der Waals surface area contributed by atoms with Crippen LogP contribution in [-0.2, 0) is 25.5 Å². The van der Waals surface area contributed by atoms with Gasteiger partial charge in [0.15, 0.2) is 11.6 Å². The summed E-state index contributed by atoms with van der Waals surface area (Å²) in [7, 11) is 0. The first kappa shape index (κ1) is 43.4. The number of fused-ring (bicyclic) bond motifs is 9. The molecule has 14 rings (SSSR count). The van der Waals surface area contributed by atoms with Gasteiger partial charge in [-0.05, 0) is 105 Å². The van der Waals surface area contributed by atoms with E-state index in [1.54, 1.807) is 0 Å². The summed E-state index contributed by atoms with van der Waals surface area (Å²) in [4.78, 5) is 20.3. The Morgan fingerprint density at radius 2 is 0.972 bits per heavy atom. The van der Waals surface area contributed by atoms with Gasteiger partial charge >= 0.3 is 0 Å². The molecule has 1 aliphatic carbocycles. The average molecular weight is 1100 g/mol. The third-order valence-electron chi connectivity index (χ3n) is 14.5. The van der Waals surface area contributed by atoms with E-state index in [9.17, 15) is 0 Å². The van der Waals surface area contributed by atoms with Crippen molar-refractivity contribution in [2.24, 2.45) is 0 Å². The second-order valence-corrected chi connectivity index (χ2v) is 19.0. The number of para-hydroxylation sites is 1. The van der Waals surface area contributed by atoms with Gasteiger partial charge < -0.3 is 9.55 Å². The van der Waals surface area contributed by atoms with Crippen LogP contribution in [0.3, 0.4) is 0 Å². The molecular formula is C65H43IrN6-. The van der Waals surface area contributed by atoms with Gasteiger partial charge in [-0.3, -0.25) is 4.57 Å². The third-order valence-corrected chi connectivity index (χ3v) is 14.5. The number of aromatic nitrogens is 6. The van der Waals surface area contributed by atoms with Crippen LogP contribution >= 0.6 is 0 Å². The minimum absolute atomic E-state index is 0. The Morgan fingerprint density at radius 3 is 1.67 bits per heavy atom. The van der Waals surface area contributed by atoms with Gasteiger partial charge in [0.25, 0.3) is 0 Å². The molecule has 4 heterocycles. The van der Waals surface area contributed by atoms with Gasteiger partial charge in [-0.15, -0.1) is 35.4 Å². The van der Waals surface area contributed by atoms with Crippen LogP contribution in [0.4, 0.5) is 0 Å². The maximum Gasteiger partial charge on any atom is 0.238 e. The van der Waals surface area contributed by atoms with E-state index in [1.165, 1.54) is 33.0 Å². The van der Waals surface area contributed by atoms with Gasteiger partial charge in [-0.1, -0.05) is 153 Å². The van der Waals surface area contributed by atoms with Crippen molar-refractivity contribution < 1.29 is 20.1 Å². The van der Waals surface area contributed by atoms with Crippen LogP contribution < -0.4 is 0 Å². The molecule has 1 radical (unpaired) electrons. The number of pyridine rings is 1. The number of hydrogen-bond donors (Lipinski definition) is 0. The predicted octanol–water partition coefficient (Wildman–Crippen LogP) is 15.9. The maximum atomic E-state index is 5.29. The fourth-order valence-corrected chi connectivity index (χ4v) is 11.1. The second-order valence-electron chi connectivity index (χ2n) is 19.0. The Labute approximate surface area is 430 Å². The first-order valence-corrected chi connectivity index (χ1v) is 24.1. The molecular weight excluding hydrogens is 1060 g/mol. The van der Waals surface area contributed by atoms with Gasteiger partial charge in [-0.25, -0.2) is 4.98 Å². The molecule has 0 atom stereocenters. The van der Waals surface area contributed by atoms with Crippen molar-refractivity contribution in [1.29, 1.82) is 0 Å². The van der Waals surface area contributed by atoms with Gasteiger partial charge in [0.1, 0.15) is 0 Å². The third kappa shape index (κ3) is 6.96. The zero-order valence-corrected chi connectivity index (χ0v) is 41.8. The monoisotopic (exact) mass is 1100 g/mol. The van der Waals surface area contributed by atoms with Crippen LogP contribution in [0.15, 0.2) is 225 Å². The molecule has 72 heavy (non-hydrogen) atoms. The molecule has 0 aliphatic heterocycles. The summed E-state index contributed by atoms with van der Waals surface area (Å²) in [6.07, 6.45) is 1.83. The SMILES string of the molecule is CC1(C)c2ccccc2-c2cc3c4cc(-c5ccc6c7cc(-c8cc[c-]c(-c9ccccn9)c8)ccc7n(-c7ccccc7)c6c5)ccc4n(-c4nc(-c5ccccc5)nc(-c5ccccc5)n4)c3cc21.[Ir]. The smallest absolute Gasteiger partial charge is 0.238 e. The summed E-state index contributed by atoms with van der Waals surface area (Å²) in [5.41, 5.74) is 18.7. The predicted molar refractivity (Wildman–Crippen MR) is 290 cm³/mol. The van der Waals surface area contributed by atoms with Crippen LogP contribution in [0, 0.1) is 6.07 Å². The minimum atomic E-state index is -0.203. The van der Waals surface area contributed by atoms with Gasteiger partial charge in [-0.2, -0.15) is 9.97 Å². The summed E-state index contributed by atoms with van der Waals surface area (Å²) in [6, 6.07) is 81.1. The molecule has 0 unspecified atom stereocenters. The summed E-state index contributed by atoms with van der Waals surface area (Å²) in [6.45, 7) is 4.67. The van der Waals surface area contributed by atoms with Crippen molar-refractivity contribution in [3.8, 4) is 79.0 Å². The summed E-state index contributed by atoms with van der Waals surface area (Å²) >= 11 is 0. The molecule has 0 amide bonds. The zero-order chi connectivity index (χ0) is 47.2. The Morgan fingerprint density at radius 1 is 0.403 bits per heavy atom. The van der Waals surface area contributed by atoms with Gasteiger partial charge in [0.05, 0.1) is 22.1 Å². The summed E-state index contributed by atoms with van der Waals surface area (Å²) < 4.78 is 4.66. The molecule has 6 nitrogen and oxygen atoms in total. The van der Waals surface area contributed by atoms with E-state index in [0.717, 1.165) is 83.2 Å². The Hall–Kier alpha value is -8.61. The van der Waals surface area contributed by atoms with E-state index < -0.39 is 0 Å². The van der Waals surface area contributed by atoms with E-state index >= 15 is 0 Å². The first-order valence-electron chi connectivity index (χ1n) is 24.1. The summed E-state index contributed by atoms with van der Waals surface area (Å²) in [5, 5.41) is 4.66. The van der Waals surface area contributed by atoms with Crippen molar-refractivity contribution in [2.45, 2.75) is 19.3 Å². The molecule has 0 saturated heterocycles.